The van der Waals surface area contributed by atoms with Gasteiger partial charge < -0.3 is 15.7 Å². The standard InChI is InChI=1S/C33H34N2O3/c1-32(2,3)25-18-16-22(17-19-25)21-33(31(34)38,28-15-7-10-23-9-4-5-13-26(23)28)35-20-8-12-24-11-6-14-27(29(24)35)30(36)37/h4-7,9-11,13-19H,8,12,20-21H2,1-3H3,(H2,34,38)(H,36,37). The number of hydrogen-bond donors (Lipinski definition) is 2. The molecule has 1 aliphatic rings. The largest absolute Gasteiger partial charge is 0.478 e. The van der Waals surface area contributed by atoms with Crippen molar-refractivity contribution in [3.8, 4) is 0 Å². The number of fused-ring (bicyclic) bond motifs is 2. The third-order valence-corrected chi connectivity index (χ3v) is 7.83. The van der Waals surface area contributed by atoms with Gasteiger partial charge >= 0.3 is 5.97 Å². The van der Waals surface area contributed by atoms with Crippen molar-refractivity contribution < 1.29 is 14.7 Å². The fourth-order valence-corrected chi connectivity index (χ4v) is 5.90. The van der Waals surface area contributed by atoms with E-state index >= 15 is 0 Å². The first-order chi connectivity index (χ1) is 18.1. The van der Waals surface area contributed by atoms with Crippen LogP contribution >= 0.6 is 0 Å². The van der Waals surface area contributed by atoms with Gasteiger partial charge in [-0.1, -0.05) is 99.6 Å². The molecule has 1 heterocycles. The van der Waals surface area contributed by atoms with Crippen molar-refractivity contribution in [2.75, 3.05) is 11.4 Å². The summed E-state index contributed by atoms with van der Waals surface area (Å²) >= 11 is 0. The van der Waals surface area contributed by atoms with Crippen LogP contribution in [0.3, 0.4) is 0 Å². The second-order valence-electron chi connectivity index (χ2n) is 11.2. The highest BCUT2D eigenvalue weighted by Gasteiger charge is 2.48. The normalized spacial score (nSPS) is 15.1. The number of primary amides is 1. The maximum Gasteiger partial charge on any atom is 0.337 e. The lowest BCUT2D eigenvalue weighted by atomic mass is 9.76. The molecule has 1 aliphatic heterocycles. The van der Waals surface area contributed by atoms with Gasteiger partial charge in [-0.15, -0.1) is 0 Å². The van der Waals surface area contributed by atoms with Crippen molar-refractivity contribution in [3.05, 3.63) is 113 Å². The molecule has 0 bridgehead atoms. The van der Waals surface area contributed by atoms with E-state index in [1.165, 1.54) is 5.56 Å². The van der Waals surface area contributed by atoms with Crippen LogP contribution in [0.1, 0.15) is 59.8 Å². The molecule has 0 aromatic heterocycles. The van der Waals surface area contributed by atoms with E-state index in [0.717, 1.165) is 40.3 Å². The molecule has 0 saturated carbocycles. The van der Waals surface area contributed by atoms with Crippen molar-refractivity contribution in [2.24, 2.45) is 5.73 Å². The summed E-state index contributed by atoms with van der Waals surface area (Å²) in [6.45, 7) is 7.03. The van der Waals surface area contributed by atoms with Gasteiger partial charge in [0.2, 0.25) is 5.91 Å². The topological polar surface area (TPSA) is 83.6 Å². The van der Waals surface area contributed by atoms with Crippen LogP contribution in [0.25, 0.3) is 10.8 Å². The summed E-state index contributed by atoms with van der Waals surface area (Å²) in [5.41, 5.74) is 9.78. The third-order valence-electron chi connectivity index (χ3n) is 7.83. The zero-order valence-corrected chi connectivity index (χ0v) is 22.2. The summed E-state index contributed by atoms with van der Waals surface area (Å²) in [6.07, 6.45) is 1.85. The second-order valence-corrected chi connectivity index (χ2v) is 11.2. The molecular weight excluding hydrogens is 472 g/mol. The molecule has 38 heavy (non-hydrogen) atoms. The Kier molecular flexibility index (Phi) is 6.47. The highest BCUT2D eigenvalue weighted by atomic mass is 16.4. The van der Waals surface area contributed by atoms with E-state index < -0.39 is 17.4 Å². The van der Waals surface area contributed by atoms with Gasteiger partial charge in [-0.2, -0.15) is 0 Å². The Morgan fingerprint density at radius 3 is 2.26 bits per heavy atom. The van der Waals surface area contributed by atoms with E-state index in [4.69, 9.17) is 5.73 Å². The minimum atomic E-state index is -1.30. The molecule has 5 heteroatoms. The van der Waals surface area contributed by atoms with E-state index in [9.17, 15) is 14.7 Å². The minimum Gasteiger partial charge on any atom is -0.478 e. The summed E-state index contributed by atoms with van der Waals surface area (Å²) in [5, 5.41) is 12.1. The molecule has 4 aromatic rings. The first-order valence-electron chi connectivity index (χ1n) is 13.1. The molecule has 1 atom stereocenters. The smallest absolute Gasteiger partial charge is 0.337 e. The van der Waals surface area contributed by atoms with Crippen LogP contribution in [0.15, 0.2) is 84.9 Å². The Morgan fingerprint density at radius 1 is 0.895 bits per heavy atom. The summed E-state index contributed by atoms with van der Waals surface area (Å²) in [4.78, 5) is 28.3. The van der Waals surface area contributed by atoms with E-state index in [0.29, 0.717) is 18.7 Å². The molecule has 4 aromatic carbocycles. The Labute approximate surface area is 223 Å². The van der Waals surface area contributed by atoms with Crippen LogP contribution in [0, 0.1) is 0 Å². The number of carboxylic acids is 1. The lowest BCUT2D eigenvalue weighted by molar-refractivity contribution is -0.123. The predicted molar refractivity (Wildman–Crippen MR) is 153 cm³/mol. The number of carbonyl (C=O) groups is 2. The number of nitrogens with zero attached hydrogens (tertiary/aromatic N) is 1. The second kappa shape index (κ2) is 9.64. The van der Waals surface area contributed by atoms with Crippen LogP contribution < -0.4 is 10.6 Å². The summed E-state index contributed by atoms with van der Waals surface area (Å²) in [5.74, 6) is -1.51. The number of aromatic carboxylic acids is 1. The minimum absolute atomic E-state index is 0.00284. The molecule has 0 saturated heterocycles. The molecule has 0 aliphatic carbocycles. The van der Waals surface area contributed by atoms with Crippen LogP contribution in [-0.4, -0.2) is 23.5 Å². The summed E-state index contributed by atoms with van der Waals surface area (Å²) in [7, 11) is 0. The predicted octanol–water partition coefficient (Wildman–Crippen LogP) is 6.21. The maximum atomic E-state index is 13.9. The molecule has 194 valence electrons. The molecule has 1 unspecified atom stereocenters. The number of anilines is 1. The summed E-state index contributed by atoms with van der Waals surface area (Å²) in [6, 6.07) is 27.6. The number of benzene rings is 4. The molecule has 0 spiro atoms. The zero-order chi connectivity index (χ0) is 27.1. The van der Waals surface area contributed by atoms with Crippen molar-refractivity contribution in [2.45, 2.75) is 51.0 Å². The Bertz CT molecular complexity index is 1510. The lowest BCUT2D eigenvalue weighted by Gasteiger charge is -2.47. The number of aryl methyl sites for hydroxylation is 1. The SMILES string of the molecule is CC(C)(C)c1ccc(CC(C(N)=O)(c2cccc3ccccc23)N2CCCc3cccc(C(=O)O)c32)cc1. The van der Waals surface area contributed by atoms with Crippen LogP contribution in [-0.2, 0) is 28.6 Å². The monoisotopic (exact) mass is 506 g/mol. The first kappa shape index (κ1) is 25.5. The number of rotatable bonds is 6. The van der Waals surface area contributed by atoms with Crippen LogP contribution in [0.4, 0.5) is 5.69 Å². The third kappa shape index (κ3) is 4.32. The van der Waals surface area contributed by atoms with Gasteiger partial charge in [-0.05, 0) is 57.3 Å². The zero-order valence-electron chi connectivity index (χ0n) is 22.2. The van der Waals surface area contributed by atoms with E-state index in [1.54, 1.807) is 12.1 Å². The number of para-hydroxylation sites is 1. The highest BCUT2D eigenvalue weighted by Crippen LogP contribution is 2.44. The van der Waals surface area contributed by atoms with Gasteiger partial charge in [0.15, 0.2) is 0 Å². The summed E-state index contributed by atoms with van der Waals surface area (Å²) < 4.78 is 0. The van der Waals surface area contributed by atoms with Crippen molar-refractivity contribution in [1.82, 2.24) is 0 Å². The Balaban J connectivity index is 1.80. The molecular formula is C33H34N2O3. The van der Waals surface area contributed by atoms with Crippen LogP contribution in [0.5, 0.6) is 0 Å². The van der Waals surface area contributed by atoms with Crippen molar-refractivity contribution in [3.63, 3.8) is 0 Å². The maximum absolute atomic E-state index is 13.9. The fraction of sp³-hybridized carbons (Fsp3) is 0.273. The van der Waals surface area contributed by atoms with Gasteiger partial charge in [-0.3, -0.25) is 4.79 Å². The molecule has 3 N–H and O–H groups in total. The van der Waals surface area contributed by atoms with E-state index in [2.05, 4.69) is 45.0 Å². The quantitative estimate of drug-likeness (QED) is 0.326. The number of carboxylic acid groups (broad SMARTS) is 1. The van der Waals surface area contributed by atoms with E-state index in [1.807, 2.05) is 53.4 Å². The fourth-order valence-electron chi connectivity index (χ4n) is 5.90. The van der Waals surface area contributed by atoms with Gasteiger partial charge in [0.05, 0.1) is 11.3 Å². The average Bonchev–Trinajstić information content (AvgIpc) is 2.90. The number of hydrogen-bond acceptors (Lipinski definition) is 3. The van der Waals surface area contributed by atoms with Gasteiger partial charge in [0.1, 0.15) is 5.54 Å². The highest BCUT2D eigenvalue weighted by molar-refractivity contribution is 6.01. The Hall–Kier alpha value is -4.12. The van der Waals surface area contributed by atoms with Crippen LogP contribution in [0.2, 0.25) is 0 Å². The average molecular weight is 507 g/mol. The number of carbonyl (C=O) groups excluding carboxylic acids is 1. The molecule has 0 fully saturated rings. The molecule has 5 nitrogen and oxygen atoms in total. The molecule has 5 rings (SSSR count). The Morgan fingerprint density at radius 2 is 1.58 bits per heavy atom. The van der Waals surface area contributed by atoms with Gasteiger partial charge in [0, 0.05) is 13.0 Å². The van der Waals surface area contributed by atoms with E-state index in [-0.39, 0.29) is 11.0 Å². The first-order valence-corrected chi connectivity index (χ1v) is 13.1. The van der Waals surface area contributed by atoms with Crippen molar-refractivity contribution in [1.29, 1.82) is 0 Å². The lowest BCUT2D eigenvalue weighted by Crippen LogP contribution is -2.58. The number of amides is 1. The molecule has 0 radical (unpaired) electrons. The van der Waals surface area contributed by atoms with Gasteiger partial charge in [0.25, 0.3) is 0 Å². The molecule has 1 amide bonds. The van der Waals surface area contributed by atoms with Crippen molar-refractivity contribution >= 4 is 28.3 Å². The number of nitrogens with two attached hydrogens (primary N) is 1. The van der Waals surface area contributed by atoms with Gasteiger partial charge in [-0.25, -0.2) is 4.79 Å².